The molecule has 0 saturated carbocycles. The number of hydrogen-bond donors (Lipinski definition) is 0. The average molecular weight is 150 g/mol. The summed E-state index contributed by atoms with van der Waals surface area (Å²) < 4.78 is 0. The van der Waals surface area contributed by atoms with Crippen LogP contribution in [0.2, 0.25) is 0 Å². The normalized spacial score (nSPS) is 19.1. The van der Waals surface area contributed by atoms with Gasteiger partial charge >= 0.3 is 0 Å². The minimum Gasteiger partial charge on any atom is -0.269 e. The molecule has 0 radical (unpaired) electrons. The van der Waals surface area contributed by atoms with Gasteiger partial charge < -0.3 is 0 Å². The highest BCUT2D eigenvalue weighted by atomic mass is 15.4. The molecule has 1 aliphatic heterocycles. The molecule has 2 heteroatoms. The van der Waals surface area contributed by atoms with Gasteiger partial charge in [0.15, 0.2) is 0 Å². The molecule has 0 aliphatic carbocycles. The van der Waals surface area contributed by atoms with Gasteiger partial charge in [-0.2, -0.15) is 5.10 Å². The smallest absolute Gasteiger partial charge is 0.0611 e. The highest BCUT2D eigenvalue weighted by Crippen LogP contribution is 2.21. The zero-order valence-electron chi connectivity index (χ0n) is 7.60. The molecule has 0 bridgehead atoms. The Morgan fingerprint density at radius 2 is 1.73 bits per heavy atom. The summed E-state index contributed by atoms with van der Waals surface area (Å²) in [5.41, 5.74) is 4.55. The lowest BCUT2D eigenvalue weighted by Crippen LogP contribution is -2.19. The summed E-state index contributed by atoms with van der Waals surface area (Å²) in [6, 6.07) is 0. The van der Waals surface area contributed by atoms with Gasteiger partial charge in [-0.1, -0.05) is 6.58 Å². The number of hydrazone groups is 1. The van der Waals surface area contributed by atoms with Crippen molar-refractivity contribution in [3.8, 4) is 0 Å². The first kappa shape index (κ1) is 8.05. The van der Waals surface area contributed by atoms with E-state index in [-0.39, 0.29) is 0 Å². The molecule has 0 aromatic rings. The molecule has 60 valence electrons. The Hall–Kier alpha value is -1.05. The fraction of sp³-hybridized carbons (Fsp3) is 0.444. The van der Waals surface area contributed by atoms with Gasteiger partial charge in [0.2, 0.25) is 0 Å². The molecule has 1 rings (SSSR count). The van der Waals surface area contributed by atoms with E-state index < -0.39 is 0 Å². The van der Waals surface area contributed by atoms with Crippen molar-refractivity contribution >= 4 is 5.71 Å². The van der Waals surface area contributed by atoms with E-state index in [1.807, 2.05) is 19.0 Å². The van der Waals surface area contributed by atoms with Crippen LogP contribution in [0, 0.1) is 0 Å². The molecule has 1 heterocycles. The molecule has 0 spiro atoms. The highest BCUT2D eigenvalue weighted by Gasteiger charge is 2.13. The maximum atomic E-state index is 4.29. The Labute approximate surface area is 67.9 Å². The quantitative estimate of drug-likeness (QED) is 0.516. The monoisotopic (exact) mass is 150 g/mol. The molecule has 0 saturated heterocycles. The maximum Gasteiger partial charge on any atom is 0.0611 e. The number of allylic oxidation sites excluding steroid dienone is 2. The fourth-order valence-electron chi connectivity index (χ4n) is 1.09. The first-order valence-corrected chi connectivity index (χ1v) is 3.70. The molecule has 0 aromatic carbocycles. The lowest BCUT2D eigenvalue weighted by atomic mass is 10.0. The van der Waals surface area contributed by atoms with E-state index in [0.717, 1.165) is 11.4 Å². The summed E-state index contributed by atoms with van der Waals surface area (Å²) in [4.78, 5) is 0. The SMILES string of the molecule is C=C1C(C)=C(C)C(C)=NN1C. The van der Waals surface area contributed by atoms with Crippen molar-refractivity contribution in [1.82, 2.24) is 5.01 Å². The number of likely N-dealkylation sites (N-methyl/N-ethyl adjacent to an activating group) is 1. The number of hydrogen-bond acceptors (Lipinski definition) is 2. The van der Waals surface area contributed by atoms with Gasteiger partial charge in [-0.15, -0.1) is 0 Å². The van der Waals surface area contributed by atoms with Crippen LogP contribution in [0.25, 0.3) is 0 Å². The van der Waals surface area contributed by atoms with E-state index in [1.54, 1.807) is 0 Å². The summed E-state index contributed by atoms with van der Waals surface area (Å²) in [6.07, 6.45) is 0. The zero-order chi connectivity index (χ0) is 8.59. The van der Waals surface area contributed by atoms with Crippen molar-refractivity contribution < 1.29 is 0 Å². The van der Waals surface area contributed by atoms with Gasteiger partial charge in [0.25, 0.3) is 0 Å². The third-order valence-corrected chi connectivity index (χ3v) is 2.23. The van der Waals surface area contributed by atoms with Crippen molar-refractivity contribution in [3.05, 3.63) is 23.4 Å². The van der Waals surface area contributed by atoms with E-state index >= 15 is 0 Å². The van der Waals surface area contributed by atoms with Crippen molar-refractivity contribution in [2.45, 2.75) is 20.8 Å². The largest absolute Gasteiger partial charge is 0.269 e. The van der Waals surface area contributed by atoms with Crippen LogP contribution in [0.3, 0.4) is 0 Å². The standard InChI is InChI=1S/C9H14N2/c1-6-7(2)9(4)11(5)10-8(6)3/h4H2,1-3,5H3. The van der Waals surface area contributed by atoms with Crippen LogP contribution in [0.5, 0.6) is 0 Å². The first-order valence-electron chi connectivity index (χ1n) is 3.70. The molecule has 11 heavy (non-hydrogen) atoms. The second-order valence-corrected chi connectivity index (χ2v) is 2.91. The van der Waals surface area contributed by atoms with Crippen LogP contribution in [0.15, 0.2) is 28.5 Å². The predicted molar refractivity (Wildman–Crippen MR) is 48.4 cm³/mol. The van der Waals surface area contributed by atoms with E-state index in [0.29, 0.717) is 0 Å². The van der Waals surface area contributed by atoms with Gasteiger partial charge in [0.1, 0.15) is 0 Å². The number of nitrogens with zero attached hydrogens (tertiary/aromatic N) is 2. The molecular weight excluding hydrogens is 136 g/mol. The molecule has 1 aliphatic rings. The van der Waals surface area contributed by atoms with Gasteiger partial charge in [-0.05, 0) is 31.9 Å². The van der Waals surface area contributed by atoms with Gasteiger partial charge in [-0.3, -0.25) is 5.01 Å². The molecule has 0 aromatic heterocycles. The third kappa shape index (κ3) is 1.20. The topological polar surface area (TPSA) is 15.6 Å². The van der Waals surface area contributed by atoms with Gasteiger partial charge in [0.05, 0.1) is 11.4 Å². The van der Waals surface area contributed by atoms with Gasteiger partial charge in [-0.25, -0.2) is 0 Å². The van der Waals surface area contributed by atoms with Crippen LogP contribution in [-0.4, -0.2) is 17.8 Å². The second kappa shape index (κ2) is 2.53. The zero-order valence-corrected chi connectivity index (χ0v) is 7.60. The molecule has 0 unspecified atom stereocenters. The number of rotatable bonds is 0. The molecule has 2 nitrogen and oxygen atoms in total. The average Bonchev–Trinajstić information content (AvgIpc) is 1.97. The fourth-order valence-corrected chi connectivity index (χ4v) is 1.09. The molecule has 0 N–H and O–H groups in total. The van der Waals surface area contributed by atoms with Crippen LogP contribution >= 0.6 is 0 Å². The lowest BCUT2D eigenvalue weighted by Gasteiger charge is -2.24. The lowest BCUT2D eigenvalue weighted by molar-refractivity contribution is 0.450. The Bertz CT molecular complexity index is 259. The maximum absolute atomic E-state index is 4.29. The molecule has 0 amide bonds. The predicted octanol–water partition coefficient (Wildman–Crippen LogP) is 2.16. The molecule has 0 fully saturated rings. The summed E-state index contributed by atoms with van der Waals surface area (Å²) in [6.45, 7) is 10.1. The van der Waals surface area contributed by atoms with E-state index in [4.69, 9.17) is 0 Å². The van der Waals surface area contributed by atoms with Crippen LogP contribution in [-0.2, 0) is 0 Å². The minimum absolute atomic E-state index is 0.994. The highest BCUT2D eigenvalue weighted by molar-refractivity contribution is 5.99. The third-order valence-electron chi connectivity index (χ3n) is 2.23. The molecule has 0 atom stereocenters. The summed E-state index contributed by atoms with van der Waals surface area (Å²) in [7, 11) is 1.92. The van der Waals surface area contributed by atoms with Crippen LogP contribution in [0.1, 0.15) is 20.8 Å². The van der Waals surface area contributed by atoms with Crippen LogP contribution in [0.4, 0.5) is 0 Å². The summed E-state index contributed by atoms with van der Waals surface area (Å²) >= 11 is 0. The van der Waals surface area contributed by atoms with Crippen molar-refractivity contribution in [1.29, 1.82) is 0 Å². The Morgan fingerprint density at radius 1 is 1.18 bits per heavy atom. The van der Waals surface area contributed by atoms with E-state index in [1.165, 1.54) is 11.1 Å². The van der Waals surface area contributed by atoms with Crippen molar-refractivity contribution in [2.75, 3.05) is 7.05 Å². The molecular formula is C9H14N2. The Balaban J connectivity index is 3.12. The van der Waals surface area contributed by atoms with E-state index in [2.05, 4.69) is 25.5 Å². The van der Waals surface area contributed by atoms with Crippen LogP contribution < -0.4 is 0 Å². The first-order chi connectivity index (χ1) is 5.04. The van der Waals surface area contributed by atoms with Crippen molar-refractivity contribution in [3.63, 3.8) is 0 Å². The second-order valence-electron chi connectivity index (χ2n) is 2.91. The van der Waals surface area contributed by atoms with Crippen molar-refractivity contribution in [2.24, 2.45) is 5.10 Å². The van der Waals surface area contributed by atoms with E-state index in [9.17, 15) is 0 Å². The summed E-state index contributed by atoms with van der Waals surface area (Å²) in [5, 5.41) is 6.10. The van der Waals surface area contributed by atoms with Gasteiger partial charge in [0, 0.05) is 7.05 Å². The minimum atomic E-state index is 0.994. The Morgan fingerprint density at radius 3 is 2.27 bits per heavy atom. The Kier molecular flexibility index (Phi) is 1.85. The summed E-state index contributed by atoms with van der Waals surface area (Å²) in [5.74, 6) is 0.